The van der Waals surface area contributed by atoms with Crippen molar-refractivity contribution >= 4 is 23.3 Å². The number of benzene rings is 2. The van der Waals surface area contributed by atoms with Gasteiger partial charge in [-0.1, -0.05) is 48.5 Å². The number of para-hydroxylation sites is 1. The molecular formula is C18H15NO4. The fourth-order valence-electron chi connectivity index (χ4n) is 2.89. The Morgan fingerprint density at radius 1 is 0.957 bits per heavy atom. The molecule has 1 amide bonds. The predicted molar refractivity (Wildman–Crippen MR) is 83.6 cm³/mol. The second-order valence-electron chi connectivity index (χ2n) is 5.23. The number of esters is 1. The minimum atomic E-state index is -1.16. The molecule has 0 bridgehead atoms. The van der Waals surface area contributed by atoms with Gasteiger partial charge in [-0.15, -0.1) is 0 Å². The summed E-state index contributed by atoms with van der Waals surface area (Å²) in [5.74, 6) is -3.29. The lowest BCUT2D eigenvalue weighted by Crippen LogP contribution is -2.30. The van der Waals surface area contributed by atoms with E-state index < -0.39 is 29.6 Å². The van der Waals surface area contributed by atoms with Gasteiger partial charge in [-0.25, -0.2) is 0 Å². The highest BCUT2D eigenvalue weighted by Crippen LogP contribution is 2.39. The third kappa shape index (κ3) is 2.50. The molecule has 1 aliphatic rings. The third-order valence-corrected chi connectivity index (χ3v) is 3.94. The SMILES string of the molecule is COC(=O)[C@@H]1C(=O)C(=O)N(c2ccccc2)[C@@H]1c1ccccc1. The molecule has 116 valence electrons. The van der Waals surface area contributed by atoms with Crippen molar-refractivity contribution in [3.63, 3.8) is 0 Å². The fourth-order valence-corrected chi connectivity index (χ4v) is 2.89. The van der Waals surface area contributed by atoms with Gasteiger partial charge < -0.3 is 4.74 Å². The number of nitrogens with zero attached hydrogens (tertiary/aromatic N) is 1. The van der Waals surface area contributed by atoms with Gasteiger partial charge in [0, 0.05) is 5.69 Å². The number of carbonyl (C=O) groups is 3. The Labute approximate surface area is 133 Å². The van der Waals surface area contributed by atoms with Gasteiger partial charge in [-0.2, -0.15) is 0 Å². The average Bonchev–Trinajstić information content (AvgIpc) is 2.87. The van der Waals surface area contributed by atoms with E-state index in [1.54, 1.807) is 48.5 Å². The van der Waals surface area contributed by atoms with Gasteiger partial charge in [0.25, 0.3) is 5.91 Å². The first-order chi connectivity index (χ1) is 11.1. The maximum atomic E-state index is 12.5. The molecule has 5 heteroatoms. The van der Waals surface area contributed by atoms with Crippen LogP contribution in [-0.2, 0) is 19.1 Å². The summed E-state index contributed by atoms with van der Waals surface area (Å²) in [7, 11) is 1.22. The smallest absolute Gasteiger partial charge is 0.319 e. The van der Waals surface area contributed by atoms with Crippen molar-refractivity contribution in [3.8, 4) is 0 Å². The summed E-state index contributed by atoms with van der Waals surface area (Å²) in [6.45, 7) is 0. The van der Waals surface area contributed by atoms with Gasteiger partial charge in [0.05, 0.1) is 13.2 Å². The van der Waals surface area contributed by atoms with Crippen LogP contribution in [0.1, 0.15) is 11.6 Å². The molecule has 0 radical (unpaired) electrons. The summed E-state index contributed by atoms with van der Waals surface area (Å²) < 4.78 is 4.75. The summed E-state index contributed by atoms with van der Waals surface area (Å²) in [4.78, 5) is 38.4. The molecule has 3 rings (SSSR count). The summed E-state index contributed by atoms with van der Waals surface area (Å²) in [6.07, 6.45) is 0. The van der Waals surface area contributed by atoms with E-state index in [2.05, 4.69) is 0 Å². The molecule has 0 unspecified atom stereocenters. The molecule has 1 fully saturated rings. The van der Waals surface area contributed by atoms with Crippen LogP contribution in [0.15, 0.2) is 60.7 Å². The standard InChI is InChI=1S/C18H15NO4/c1-23-18(22)14-15(12-8-4-2-5-9-12)19(17(21)16(14)20)13-10-6-3-7-11-13/h2-11,14-15H,1H3/t14-,15+/m0/s1. The number of amides is 1. The van der Waals surface area contributed by atoms with Gasteiger partial charge in [-0.3, -0.25) is 19.3 Å². The van der Waals surface area contributed by atoms with E-state index in [0.29, 0.717) is 11.3 Å². The topological polar surface area (TPSA) is 63.7 Å². The van der Waals surface area contributed by atoms with Gasteiger partial charge >= 0.3 is 5.97 Å². The Morgan fingerprint density at radius 2 is 1.52 bits per heavy atom. The summed E-state index contributed by atoms with van der Waals surface area (Å²) in [5.41, 5.74) is 1.29. The van der Waals surface area contributed by atoms with Crippen LogP contribution in [0.2, 0.25) is 0 Å². The summed E-state index contributed by atoms with van der Waals surface area (Å²) in [6, 6.07) is 17.2. The van der Waals surface area contributed by atoms with E-state index in [9.17, 15) is 14.4 Å². The van der Waals surface area contributed by atoms with E-state index in [1.807, 2.05) is 12.1 Å². The van der Waals surface area contributed by atoms with E-state index in [0.717, 1.165) is 0 Å². The largest absolute Gasteiger partial charge is 0.468 e. The number of carbonyl (C=O) groups excluding carboxylic acids is 3. The molecule has 1 heterocycles. The lowest BCUT2D eigenvalue weighted by atomic mass is 9.93. The Bertz CT molecular complexity index is 742. The molecule has 0 spiro atoms. The Hall–Kier alpha value is -2.95. The number of ether oxygens (including phenoxy) is 1. The van der Waals surface area contributed by atoms with E-state index in [4.69, 9.17) is 4.74 Å². The number of methoxy groups -OCH3 is 1. The van der Waals surface area contributed by atoms with Crippen LogP contribution in [0.4, 0.5) is 5.69 Å². The minimum Gasteiger partial charge on any atom is -0.468 e. The molecule has 2 aromatic carbocycles. The first-order valence-corrected chi connectivity index (χ1v) is 7.20. The first kappa shape index (κ1) is 15.0. The first-order valence-electron chi connectivity index (χ1n) is 7.20. The van der Waals surface area contributed by atoms with Crippen molar-refractivity contribution in [3.05, 3.63) is 66.2 Å². The molecular weight excluding hydrogens is 294 g/mol. The number of Topliss-reactive ketones (excluding diaryl/α,β-unsaturated/α-hetero) is 1. The lowest BCUT2D eigenvalue weighted by Gasteiger charge is -2.26. The highest BCUT2D eigenvalue weighted by atomic mass is 16.5. The molecule has 1 aliphatic heterocycles. The van der Waals surface area contributed by atoms with Crippen LogP contribution in [0.5, 0.6) is 0 Å². The molecule has 0 aromatic heterocycles. The number of anilines is 1. The number of hydrogen-bond acceptors (Lipinski definition) is 4. The lowest BCUT2D eigenvalue weighted by molar-refractivity contribution is -0.150. The van der Waals surface area contributed by atoms with Crippen LogP contribution in [0.3, 0.4) is 0 Å². The van der Waals surface area contributed by atoms with Gasteiger partial charge in [0.15, 0.2) is 0 Å². The van der Waals surface area contributed by atoms with Crippen molar-refractivity contribution < 1.29 is 19.1 Å². The van der Waals surface area contributed by atoms with Crippen molar-refractivity contribution in [1.82, 2.24) is 0 Å². The molecule has 2 atom stereocenters. The van der Waals surface area contributed by atoms with Gasteiger partial charge in [0.2, 0.25) is 5.78 Å². The molecule has 1 saturated heterocycles. The zero-order chi connectivity index (χ0) is 16.4. The van der Waals surface area contributed by atoms with Gasteiger partial charge in [0.1, 0.15) is 5.92 Å². The van der Waals surface area contributed by atoms with Crippen LogP contribution < -0.4 is 4.90 Å². The van der Waals surface area contributed by atoms with Crippen LogP contribution in [0.25, 0.3) is 0 Å². The molecule has 0 saturated carbocycles. The normalized spacial score (nSPS) is 20.7. The van der Waals surface area contributed by atoms with Crippen LogP contribution in [-0.4, -0.2) is 24.8 Å². The highest BCUT2D eigenvalue weighted by Gasteiger charge is 2.52. The van der Waals surface area contributed by atoms with Gasteiger partial charge in [-0.05, 0) is 17.7 Å². The maximum absolute atomic E-state index is 12.5. The monoisotopic (exact) mass is 309 g/mol. The molecule has 23 heavy (non-hydrogen) atoms. The second-order valence-corrected chi connectivity index (χ2v) is 5.23. The van der Waals surface area contributed by atoms with Crippen molar-refractivity contribution in [2.24, 2.45) is 5.92 Å². The second kappa shape index (κ2) is 6.04. The zero-order valence-corrected chi connectivity index (χ0v) is 12.5. The number of ketones is 1. The predicted octanol–water partition coefficient (Wildman–Crippen LogP) is 2.13. The van der Waals surface area contributed by atoms with Crippen LogP contribution in [0, 0.1) is 5.92 Å². The Balaban J connectivity index is 2.15. The number of rotatable bonds is 3. The van der Waals surface area contributed by atoms with E-state index in [-0.39, 0.29) is 0 Å². The van der Waals surface area contributed by atoms with Crippen LogP contribution >= 0.6 is 0 Å². The average molecular weight is 309 g/mol. The van der Waals surface area contributed by atoms with Crippen molar-refractivity contribution in [1.29, 1.82) is 0 Å². The maximum Gasteiger partial charge on any atom is 0.319 e. The Morgan fingerprint density at radius 3 is 2.09 bits per heavy atom. The van der Waals surface area contributed by atoms with E-state index >= 15 is 0 Å². The quantitative estimate of drug-likeness (QED) is 0.495. The van der Waals surface area contributed by atoms with Crippen molar-refractivity contribution in [2.75, 3.05) is 12.0 Å². The molecule has 5 nitrogen and oxygen atoms in total. The van der Waals surface area contributed by atoms with E-state index in [1.165, 1.54) is 12.0 Å². The van der Waals surface area contributed by atoms with Crippen molar-refractivity contribution in [2.45, 2.75) is 6.04 Å². The minimum absolute atomic E-state index is 0.575. The number of hydrogen-bond donors (Lipinski definition) is 0. The fraction of sp³-hybridized carbons (Fsp3) is 0.167. The highest BCUT2D eigenvalue weighted by molar-refractivity contribution is 6.47. The molecule has 0 aliphatic carbocycles. The Kier molecular flexibility index (Phi) is 3.93. The third-order valence-electron chi connectivity index (χ3n) is 3.94. The molecule has 2 aromatic rings. The zero-order valence-electron chi connectivity index (χ0n) is 12.5. The molecule has 0 N–H and O–H groups in total. The summed E-state index contributed by atoms with van der Waals surface area (Å²) in [5, 5.41) is 0. The summed E-state index contributed by atoms with van der Waals surface area (Å²) >= 11 is 0.